The topological polar surface area (TPSA) is 44.4 Å². The Hall–Kier alpha value is -0.820. The van der Waals surface area contributed by atoms with Crippen LogP contribution in [-0.2, 0) is 4.79 Å². The Morgan fingerprint density at radius 2 is 1.90 bits per heavy atom. The highest BCUT2D eigenvalue weighted by Gasteiger charge is 2.42. The zero-order chi connectivity index (χ0) is 16.3. The molecule has 0 aliphatic carbocycles. The van der Waals surface area contributed by atoms with Gasteiger partial charge in [-0.1, -0.05) is 13.8 Å². The van der Waals surface area contributed by atoms with Crippen molar-refractivity contribution in [3.05, 3.63) is 0 Å². The van der Waals surface area contributed by atoms with E-state index in [1.165, 1.54) is 0 Å². The maximum absolute atomic E-state index is 12.6. The molecular weight excluding hydrogens is 283 g/mol. The summed E-state index contributed by atoms with van der Waals surface area (Å²) in [6.45, 7) is 5.23. The van der Waals surface area contributed by atoms with Gasteiger partial charge in [0.2, 0.25) is 5.91 Å². The van der Waals surface area contributed by atoms with Crippen molar-refractivity contribution < 1.29 is 18.0 Å². The number of alkyl halides is 3. The number of piperidine rings is 1. The zero-order valence-corrected chi connectivity index (χ0v) is 13.2. The molecule has 1 heterocycles. The molecule has 0 saturated carbocycles. The van der Waals surface area contributed by atoms with E-state index < -0.39 is 18.1 Å². The summed E-state index contributed by atoms with van der Waals surface area (Å²) in [5.74, 6) is -1.55. The smallest absolute Gasteiger partial charge is 0.354 e. The maximum atomic E-state index is 12.6. The van der Waals surface area contributed by atoms with Crippen molar-refractivity contribution in [1.82, 2.24) is 15.5 Å². The van der Waals surface area contributed by atoms with E-state index in [-0.39, 0.29) is 30.7 Å². The van der Waals surface area contributed by atoms with E-state index in [0.717, 1.165) is 6.54 Å². The Balaban J connectivity index is 2.38. The Morgan fingerprint density at radius 3 is 2.33 bits per heavy atom. The van der Waals surface area contributed by atoms with Gasteiger partial charge in [0.15, 0.2) is 0 Å². The largest absolute Gasteiger partial charge is 0.393 e. The SMILES string of the molecule is CN(C)CC(C)(C)CNC(=O)C1CCC(C(F)(F)F)CN1. The minimum Gasteiger partial charge on any atom is -0.354 e. The summed E-state index contributed by atoms with van der Waals surface area (Å²) in [5, 5.41) is 5.55. The van der Waals surface area contributed by atoms with Gasteiger partial charge in [-0.25, -0.2) is 0 Å². The van der Waals surface area contributed by atoms with E-state index in [9.17, 15) is 18.0 Å². The molecule has 1 fully saturated rings. The van der Waals surface area contributed by atoms with Crippen LogP contribution in [0.1, 0.15) is 26.7 Å². The Kier molecular flexibility index (Phi) is 6.04. The molecule has 1 amide bonds. The van der Waals surface area contributed by atoms with Crippen molar-refractivity contribution in [2.75, 3.05) is 33.7 Å². The van der Waals surface area contributed by atoms with Gasteiger partial charge in [-0.05, 0) is 32.4 Å². The molecule has 1 aliphatic heterocycles. The highest BCUT2D eigenvalue weighted by molar-refractivity contribution is 5.81. The molecule has 4 nitrogen and oxygen atoms in total. The van der Waals surface area contributed by atoms with E-state index in [1.807, 2.05) is 32.8 Å². The normalized spacial score (nSPS) is 24.2. The summed E-state index contributed by atoms with van der Waals surface area (Å²) in [6.07, 6.45) is -3.94. The average Bonchev–Trinajstić information content (AvgIpc) is 2.33. The quantitative estimate of drug-likeness (QED) is 0.811. The summed E-state index contributed by atoms with van der Waals surface area (Å²) < 4.78 is 37.7. The third-order valence-electron chi connectivity index (χ3n) is 3.68. The van der Waals surface area contributed by atoms with Gasteiger partial charge in [0.25, 0.3) is 0 Å². The first-order chi connectivity index (χ1) is 9.51. The van der Waals surface area contributed by atoms with Crippen LogP contribution in [0.25, 0.3) is 0 Å². The molecule has 2 atom stereocenters. The second-order valence-corrected chi connectivity index (χ2v) is 6.90. The zero-order valence-electron chi connectivity index (χ0n) is 13.2. The highest BCUT2D eigenvalue weighted by Crippen LogP contribution is 2.31. The predicted molar refractivity (Wildman–Crippen MR) is 75.9 cm³/mol. The van der Waals surface area contributed by atoms with E-state index in [2.05, 4.69) is 10.6 Å². The van der Waals surface area contributed by atoms with E-state index in [1.54, 1.807) is 0 Å². The molecule has 0 radical (unpaired) electrons. The van der Waals surface area contributed by atoms with Gasteiger partial charge >= 0.3 is 6.18 Å². The molecule has 2 unspecified atom stereocenters. The van der Waals surface area contributed by atoms with Gasteiger partial charge in [0, 0.05) is 19.6 Å². The first-order valence-corrected chi connectivity index (χ1v) is 7.24. The van der Waals surface area contributed by atoms with Gasteiger partial charge in [-0.2, -0.15) is 13.2 Å². The molecule has 21 heavy (non-hydrogen) atoms. The van der Waals surface area contributed by atoms with Crippen LogP contribution >= 0.6 is 0 Å². The van der Waals surface area contributed by atoms with Crippen LogP contribution in [0.2, 0.25) is 0 Å². The first kappa shape index (κ1) is 18.2. The third kappa shape index (κ3) is 6.22. The summed E-state index contributed by atoms with van der Waals surface area (Å²) in [5.41, 5.74) is -0.0810. The van der Waals surface area contributed by atoms with Crippen molar-refractivity contribution in [3.8, 4) is 0 Å². The summed E-state index contributed by atoms with van der Waals surface area (Å²) in [6, 6.07) is -0.515. The van der Waals surface area contributed by atoms with Crippen LogP contribution in [0.15, 0.2) is 0 Å². The second-order valence-electron chi connectivity index (χ2n) is 6.90. The third-order valence-corrected chi connectivity index (χ3v) is 3.68. The lowest BCUT2D eigenvalue weighted by molar-refractivity contribution is -0.180. The fraction of sp³-hybridized carbons (Fsp3) is 0.929. The molecule has 7 heteroatoms. The number of amides is 1. The molecule has 1 rings (SSSR count). The first-order valence-electron chi connectivity index (χ1n) is 7.24. The van der Waals surface area contributed by atoms with Crippen LogP contribution in [0.3, 0.4) is 0 Å². The number of rotatable bonds is 5. The van der Waals surface area contributed by atoms with E-state index >= 15 is 0 Å². The average molecular weight is 309 g/mol. The molecule has 1 aliphatic rings. The number of carbonyl (C=O) groups excluding carboxylic acids is 1. The van der Waals surface area contributed by atoms with Crippen LogP contribution in [0.4, 0.5) is 13.2 Å². The molecule has 0 aromatic rings. The minimum absolute atomic E-state index is 0.00960. The van der Waals surface area contributed by atoms with Crippen molar-refractivity contribution in [3.63, 3.8) is 0 Å². The number of hydrogen-bond donors (Lipinski definition) is 2. The number of nitrogens with one attached hydrogen (secondary N) is 2. The maximum Gasteiger partial charge on any atom is 0.393 e. The monoisotopic (exact) mass is 309 g/mol. The van der Waals surface area contributed by atoms with Gasteiger partial charge in [0.1, 0.15) is 0 Å². The lowest BCUT2D eigenvalue weighted by Gasteiger charge is -2.32. The number of hydrogen-bond acceptors (Lipinski definition) is 3. The fourth-order valence-electron chi connectivity index (χ4n) is 2.72. The van der Waals surface area contributed by atoms with Crippen molar-refractivity contribution in [1.29, 1.82) is 0 Å². The molecule has 2 N–H and O–H groups in total. The van der Waals surface area contributed by atoms with Crippen LogP contribution in [0.5, 0.6) is 0 Å². The number of carbonyl (C=O) groups is 1. The van der Waals surface area contributed by atoms with Crippen molar-refractivity contribution >= 4 is 5.91 Å². The fourth-order valence-corrected chi connectivity index (χ4v) is 2.72. The summed E-state index contributed by atoms with van der Waals surface area (Å²) >= 11 is 0. The van der Waals surface area contributed by atoms with Gasteiger partial charge in [0.05, 0.1) is 12.0 Å². The van der Waals surface area contributed by atoms with Gasteiger partial charge in [-0.3, -0.25) is 4.79 Å². The van der Waals surface area contributed by atoms with Crippen molar-refractivity contribution in [2.24, 2.45) is 11.3 Å². The Labute approximate surface area is 124 Å². The predicted octanol–water partition coefficient (Wildman–Crippen LogP) is 1.62. The lowest BCUT2D eigenvalue weighted by Crippen LogP contribution is -2.53. The van der Waals surface area contributed by atoms with Crippen LogP contribution < -0.4 is 10.6 Å². The summed E-state index contributed by atoms with van der Waals surface area (Å²) in [7, 11) is 3.92. The summed E-state index contributed by atoms with van der Waals surface area (Å²) in [4.78, 5) is 14.1. The standard InChI is InChI=1S/C14H26F3N3O/c1-13(2,9-20(3)4)8-19-12(21)11-6-5-10(7-18-11)14(15,16)17/h10-11,18H,5-9H2,1-4H3,(H,19,21). The Bertz CT molecular complexity index is 348. The molecule has 0 aromatic heterocycles. The number of nitrogens with zero attached hydrogens (tertiary/aromatic N) is 1. The molecule has 0 spiro atoms. The highest BCUT2D eigenvalue weighted by atomic mass is 19.4. The Morgan fingerprint density at radius 1 is 1.29 bits per heavy atom. The van der Waals surface area contributed by atoms with Crippen LogP contribution in [0, 0.1) is 11.3 Å². The van der Waals surface area contributed by atoms with Gasteiger partial charge in [-0.15, -0.1) is 0 Å². The molecular formula is C14H26F3N3O. The molecule has 124 valence electrons. The molecule has 1 saturated heterocycles. The van der Waals surface area contributed by atoms with Crippen molar-refractivity contribution in [2.45, 2.75) is 38.9 Å². The lowest BCUT2D eigenvalue weighted by atomic mass is 9.91. The van der Waals surface area contributed by atoms with E-state index in [4.69, 9.17) is 0 Å². The van der Waals surface area contributed by atoms with Gasteiger partial charge < -0.3 is 15.5 Å². The van der Waals surface area contributed by atoms with E-state index in [0.29, 0.717) is 6.54 Å². The van der Waals surface area contributed by atoms with Crippen LogP contribution in [-0.4, -0.2) is 56.8 Å². The molecule has 0 bridgehead atoms. The second kappa shape index (κ2) is 6.96. The minimum atomic E-state index is -4.18. The number of halogens is 3. The molecule has 0 aromatic carbocycles.